The van der Waals surface area contributed by atoms with Crippen LogP contribution >= 0.6 is 0 Å². The van der Waals surface area contributed by atoms with Gasteiger partial charge in [0.2, 0.25) is 0 Å². The third-order valence-corrected chi connectivity index (χ3v) is 4.86. The van der Waals surface area contributed by atoms with Gasteiger partial charge in [0.15, 0.2) is 9.84 Å². The zero-order valence-electron chi connectivity index (χ0n) is 11.8. The Balaban J connectivity index is 2.62. The number of carbonyl (C=O) groups is 2. The number of urea groups is 1. The molecule has 2 N–H and O–H groups in total. The Morgan fingerprint density at radius 1 is 1.25 bits per heavy atom. The maximum absolute atomic E-state index is 12.0. The van der Waals surface area contributed by atoms with Crippen molar-refractivity contribution in [2.24, 2.45) is 5.92 Å². The Labute approximate surface area is 119 Å². The molecule has 0 bridgehead atoms. The van der Waals surface area contributed by atoms with Crippen LogP contribution in [0, 0.1) is 5.92 Å². The Morgan fingerprint density at radius 3 is 2.45 bits per heavy atom. The summed E-state index contributed by atoms with van der Waals surface area (Å²) < 4.78 is 22.9. The molecule has 0 spiro atoms. The van der Waals surface area contributed by atoms with E-state index in [4.69, 9.17) is 5.11 Å². The molecule has 0 radical (unpaired) electrons. The molecule has 0 aromatic rings. The van der Waals surface area contributed by atoms with E-state index in [1.165, 1.54) is 4.90 Å². The van der Waals surface area contributed by atoms with Crippen LogP contribution in [0.15, 0.2) is 0 Å². The second-order valence-corrected chi connectivity index (χ2v) is 7.77. The molecule has 116 valence electrons. The van der Waals surface area contributed by atoms with E-state index >= 15 is 0 Å². The summed E-state index contributed by atoms with van der Waals surface area (Å²) in [6.07, 6.45) is 0.727. The molecule has 2 amide bonds. The summed E-state index contributed by atoms with van der Waals surface area (Å²) in [5.74, 6) is -0.927. The average Bonchev–Trinajstić information content (AvgIpc) is 2.48. The molecule has 0 aromatic carbocycles. The van der Waals surface area contributed by atoms with Gasteiger partial charge in [-0.2, -0.15) is 0 Å². The number of amides is 2. The number of sulfone groups is 1. The molecule has 1 heterocycles. The lowest BCUT2D eigenvalue weighted by Crippen LogP contribution is -2.49. The van der Waals surface area contributed by atoms with Crippen molar-refractivity contribution in [3.05, 3.63) is 0 Å². The molecule has 1 fully saturated rings. The van der Waals surface area contributed by atoms with Crippen molar-refractivity contribution in [2.75, 3.05) is 24.6 Å². The van der Waals surface area contributed by atoms with Crippen LogP contribution in [-0.4, -0.2) is 61.1 Å². The van der Waals surface area contributed by atoms with Gasteiger partial charge in [-0.25, -0.2) is 18.0 Å². The molecular formula is C12H22N2O5S. The van der Waals surface area contributed by atoms with Gasteiger partial charge < -0.3 is 15.3 Å². The maximum atomic E-state index is 12.0. The molecule has 0 saturated carbocycles. The largest absolute Gasteiger partial charge is 0.480 e. The summed E-state index contributed by atoms with van der Waals surface area (Å²) in [4.78, 5) is 24.5. The van der Waals surface area contributed by atoms with E-state index in [1.807, 2.05) is 13.8 Å². The Kier molecular flexibility index (Phi) is 5.79. The molecule has 7 nitrogen and oxygen atoms in total. The van der Waals surface area contributed by atoms with Gasteiger partial charge in [-0.05, 0) is 18.8 Å². The van der Waals surface area contributed by atoms with Crippen molar-refractivity contribution in [3.8, 4) is 0 Å². The fourth-order valence-corrected chi connectivity index (χ4v) is 3.35. The highest BCUT2D eigenvalue weighted by Crippen LogP contribution is 2.08. The Morgan fingerprint density at radius 2 is 1.90 bits per heavy atom. The highest BCUT2D eigenvalue weighted by molar-refractivity contribution is 7.91. The predicted octanol–water partition coefficient (Wildman–Crippen LogP) is 0.316. The van der Waals surface area contributed by atoms with Crippen LogP contribution in [0.1, 0.15) is 26.7 Å². The number of carbonyl (C=O) groups excluding carboxylic acids is 1. The van der Waals surface area contributed by atoms with Crippen LogP contribution in [0.3, 0.4) is 0 Å². The minimum atomic E-state index is -3.09. The first-order valence-electron chi connectivity index (χ1n) is 6.70. The molecule has 1 atom stereocenters. The van der Waals surface area contributed by atoms with E-state index in [1.54, 1.807) is 0 Å². The minimum Gasteiger partial charge on any atom is -0.480 e. The first-order chi connectivity index (χ1) is 9.21. The van der Waals surface area contributed by atoms with Gasteiger partial charge in [0.05, 0.1) is 11.5 Å². The van der Waals surface area contributed by atoms with Crippen molar-refractivity contribution in [3.63, 3.8) is 0 Å². The monoisotopic (exact) mass is 306 g/mol. The highest BCUT2D eigenvalue weighted by atomic mass is 32.2. The number of nitrogens with zero attached hydrogens (tertiary/aromatic N) is 1. The second kappa shape index (κ2) is 6.92. The van der Waals surface area contributed by atoms with Crippen LogP contribution in [0.25, 0.3) is 0 Å². The third-order valence-electron chi connectivity index (χ3n) is 3.15. The van der Waals surface area contributed by atoms with Crippen molar-refractivity contribution in [1.29, 1.82) is 0 Å². The second-order valence-electron chi connectivity index (χ2n) is 5.46. The van der Waals surface area contributed by atoms with Crippen LogP contribution in [-0.2, 0) is 14.6 Å². The lowest BCUT2D eigenvalue weighted by atomic mass is 10.0. The smallest absolute Gasteiger partial charge is 0.326 e. The van der Waals surface area contributed by atoms with Crippen LogP contribution in [0.5, 0.6) is 0 Å². The number of carboxylic acid groups (broad SMARTS) is 1. The summed E-state index contributed by atoms with van der Waals surface area (Å²) in [6, 6.07) is -1.45. The van der Waals surface area contributed by atoms with Crippen molar-refractivity contribution >= 4 is 21.8 Å². The fraction of sp³-hybridized carbons (Fsp3) is 0.833. The first-order valence-corrected chi connectivity index (χ1v) is 8.52. The normalized spacial score (nSPS) is 20.2. The number of aliphatic carboxylic acids is 1. The molecule has 0 unspecified atom stereocenters. The summed E-state index contributed by atoms with van der Waals surface area (Å²) in [6.45, 7) is 4.20. The highest BCUT2D eigenvalue weighted by Gasteiger charge is 2.26. The quantitative estimate of drug-likeness (QED) is 0.778. The average molecular weight is 306 g/mol. The minimum absolute atomic E-state index is 0.0671. The lowest BCUT2D eigenvalue weighted by Gasteiger charge is -2.24. The van der Waals surface area contributed by atoms with Crippen molar-refractivity contribution in [1.82, 2.24) is 10.2 Å². The molecule has 8 heteroatoms. The van der Waals surface area contributed by atoms with E-state index in [0.717, 1.165) is 0 Å². The van der Waals surface area contributed by atoms with Gasteiger partial charge >= 0.3 is 12.0 Å². The predicted molar refractivity (Wildman–Crippen MR) is 74.3 cm³/mol. The SMILES string of the molecule is CC(C)C[C@H](NC(=O)N1CCCS(=O)(=O)CC1)C(=O)O. The maximum Gasteiger partial charge on any atom is 0.326 e. The molecular weight excluding hydrogens is 284 g/mol. The van der Waals surface area contributed by atoms with E-state index < -0.39 is 27.9 Å². The molecule has 0 aromatic heterocycles. The number of rotatable bonds is 4. The van der Waals surface area contributed by atoms with Crippen LogP contribution in [0.4, 0.5) is 4.79 Å². The first kappa shape index (κ1) is 16.7. The van der Waals surface area contributed by atoms with Gasteiger partial charge in [0.1, 0.15) is 6.04 Å². The van der Waals surface area contributed by atoms with E-state index in [9.17, 15) is 18.0 Å². The summed E-state index contributed by atoms with van der Waals surface area (Å²) in [5.41, 5.74) is 0. The molecule has 20 heavy (non-hydrogen) atoms. The summed E-state index contributed by atoms with van der Waals surface area (Å²) in [5, 5.41) is 11.5. The number of nitrogens with one attached hydrogen (secondary N) is 1. The van der Waals surface area contributed by atoms with E-state index in [0.29, 0.717) is 19.4 Å². The Bertz CT molecular complexity index is 460. The summed E-state index contributed by atoms with van der Waals surface area (Å²) in [7, 11) is -3.09. The molecule has 1 saturated heterocycles. The van der Waals surface area contributed by atoms with Gasteiger partial charge in [0, 0.05) is 13.1 Å². The van der Waals surface area contributed by atoms with Crippen LogP contribution in [0.2, 0.25) is 0 Å². The van der Waals surface area contributed by atoms with Crippen molar-refractivity contribution in [2.45, 2.75) is 32.7 Å². The number of hydrogen-bond donors (Lipinski definition) is 2. The molecule has 0 aliphatic carbocycles. The molecule has 1 aliphatic rings. The molecule has 1 rings (SSSR count). The van der Waals surface area contributed by atoms with Crippen LogP contribution < -0.4 is 5.32 Å². The number of hydrogen-bond acceptors (Lipinski definition) is 4. The van der Waals surface area contributed by atoms with Gasteiger partial charge in [-0.3, -0.25) is 0 Å². The van der Waals surface area contributed by atoms with Gasteiger partial charge in [-0.1, -0.05) is 13.8 Å². The van der Waals surface area contributed by atoms with E-state index in [-0.39, 0.29) is 24.0 Å². The molecule has 1 aliphatic heterocycles. The van der Waals surface area contributed by atoms with Crippen molar-refractivity contribution < 1.29 is 23.1 Å². The number of carboxylic acids is 1. The zero-order valence-corrected chi connectivity index (χ0v) is 12.6. The Hall–Kier alpha value is -1.31. The topological polar surface area (TPSA) is 104 Å². The van der Waals surface area contributed by atoms with E-state index in [2.05, 4.69) is 5.32 Å². The lowest BCUT2D eigenvalue weighted by molar-refractivity contribution is -0.139. The zero-order chi connectivity index (χ0) is 15.3. The van der Waals surface area contributed by atoms with Gasteiger partial charge in [0.25, 0.3) is 0 Å². The fourth-order valence-electron chi connectivity index (χ4n) is 2.07. The van der Waals surface area contributed by atoms with Gasteiger partial charge in [-0.15, -0.1) is 0 Å². The standard InChI is InChI=1S/C12H22N2O5S/c1-9(2)8-10(11(15)16)13-12(17)14-4-3-6-20(18,19)7-5-14/h9-10H,3-8H2,1-2H3,(H,13,17)(H,15,16)/t10-/m0/s1. The third kappa shape index (κ3) is 5.36. The summed E-state index contributed by atoms with van der Waals surface area (Å²) >= 11 is 0.